The minimum absolute atomic E-state index is 0.268. The SMILES string of the molecule is COc1cccc(CC(=O)N2CCC[C@@H]3CN(Cc4ccsc4)CC[C@H]32)c1. The monoisotopic (exact) mass is 384 g/mol. The van der Waals surface area contributed by atoms with Crippen molar-refractivity contribution in [2.24, 2.45) is 5.92 Å². The first-order valence-corrected chi connectivity index (χ1v) is 10.8. The van der Waals surface area contributed by atoms with Gasteiger partial charge in [0.15, 0.2) is 0 Å². The molecule has 0 bridgehead atoms. The second kappa shape index (κ2) is 8.44. The summed E-state index contributed by atoms with van der Waals surface area (Å²) < 4.78 is 5.29. The molecule has 0 N–H and O–H groups in total. The Morgan fingerprint density at radius 2 is 2.15 bits per heavy atom. The van der Waals surface area contributed by atoms with Crippen molar-refractivity contribution in [1.29, 1.82) is 0 Å². The highest BCUT2D eigenvalue weighted by Gasteiger charge is 2.37. The van der Waals surface area contributed by atoms with E-state index in [-0.39, 0.29) is 5.91 Å². The molecule has 0 saturated carbocycles. The predicted molar refractivity (Wildman–Crippen MR) is 109 cm³/mol. The van der Waals surface area contributed by atoms with Crippen LogP contribution in [-0.2, 0) is 17.8 Å². The first kappa shape index (κ1) is 18.5. The van der Waals surface area contributed by atoms with Crippen LogP contribution in [0.2, 0.25) is 0 Å². The Morgan fingerprint density at radius 3 is 2.96 bits per heavy atom. The minimum atomic E-state index is 0.268. The van der Waals surface area contributed by atoms with E-state index in [9.17, 15) is 4.79 Å². The van der Waals surface area contributed by atoms with Crippen LogP contribution in [0.25, 0.3) is 0 Å². The largest absolute Gasteiger partial charge is 0.497 e. The molecule has 1 aromatic carbocycles. The fourth-order valence-corrected chi connectivity index (χ4v) is 5.29. The molecule has 4 rings (SSSR count). The number of ether oxygens (including phenoxy) is 1. The second-order valence-corrected chi connectivity index (χ2v) is 8.52. The summed E-state index contributed by atoms with van der Waals surface area (Å²) in [5.74, 6) is 1.70. The molecule has 2 fully saturated rings. The van der Waals surface area contributed by atoms with Crippen molar-refractivity contribution in [3.8, 4) is 5.75 Å². The lowest BCUT2D eigenvalue weighted by atomic mass is 9.83. The number of thiophene rings is 1. The molecule has 2 atom stereocenters. The van der Waals surface area contributed by atoms with Crippen molar-refractivity contribution >= 4 is 17.2 Å². The Balaban J connectivity index is 1.38. The minimum Gasteiger partial charge on any atom is -0.497 e. The summed E-state index contributed by atoms with van der Waals surface area (Å²) in [4.78, 5) is 17.8. The molecule has 27 heavy (non-hydrogen) atoms. The topological polar surface area (TPSA) is 32.8 Å². The Bertz CT molecular complexity index is 761. The summed E-state index contributed by atoms with van der Waals surface area (Å²) in [5, 5.41) is 4.40. The van der Waals surface area contributed by atoms with Crippen LogP contribution in [0.1, 0.15) is 30.4 Å². The number of nitrogens with zero attached hydrogens (tertiary/aromatic N) is 2. The number of carbonyl (C=O) groups is 1. The maximum absolute atomic E-state index is 13.0. The van der Waals surface area contributed by atoms with Gasteiger partial charge in [0.2, 0.25) is 5.91 Å². The molecular formula is C22H28N2O2S. The molecule has 2 aliphatic rings. The number of hydrogen-bond donors (Lipinski definition) is 0. The van der Waals surface area contributed by atoms with Gasteiger partial charge in [0.25, 0.3) is 0 Å². The molecular weight excluding hydrogens is 356 g/mol. The molecule has 0 radical (unpaired) electrons. The van der Waals surface area contributed by atoms with Crippen LogP contribution in [0, 0.1) is 5.92 Å². The van der Waals surface area contributed by atoms with Gasteiger partial charge < -0.3 is 9.64 Å². The lowest BCUT2D eigenvalue weighted by molar-refractivity contribution is -0.137. The number of fused-ring (bicyclic) bond motifs is 1. The van der Waals surface area contributed by atoms with Gasteiger partial charge in [-0.05, 0) is 65.3 Å². The predicted octanol–water partition coefficient (Wildman–Crippen LogP) is 3.81. The van der Waals surface area contributed by atoms with E-state index in [2.05, 4.69) is 26.6 Å². The Morgan fingerprint density at radius 1 is 1.22 bits per heavy atom. The fourth-order valence-electron chi connectivity index (χ4n) is 4.63. The number of carbonyl (C=O) groups excluding carboxylic acids is 1. The molecule has 3 heterocycles. The van der Waals surface area contributed by atoms with Gasteiger partial charge in [-0.3, -0.25) is 9.69 Å². The summed E-state index contributed by atoms with van der Waals surface area (Å²) in [6.07, 6.45) is 3.93. The maximum atomic E-state index is 13.0. The van der Waals surface area contributed by atoms with E-state index >= 15 is 0 Å². The van der Waals surface area contributed by atoms with Crippen molar-refractivity contribution in [2.75, 3.05) is 26.7 Å². The number of rotatable bonds is 5. The van der Waals surface area contributed by atoms with Crippen LogP contribution >= 0.6 is 11.3 Å². The first-order chi connectivity index (χ1) is 13.2. The molecule has 4 nitrogen and oxygen atoms in total. The molecule has 2 aliphatic heterocycles. The number of hydrogen-bond acceptors (Lipinski definition) is 4. The third-order valence-electron chi connectivity index (χ3n) is 5.95. The molecule has 144 valence electrons. The molecule has 2 saturated heterocycles. The van der Waals surface area contributed by atoms with Crippen LogP contribution in [0.4, 0.5) is 0 Å². The van der Waals surface area contributed by atoms with Gasteiger partial charge in [-0.15, -0.1) is 0 Å². The van der Waals surface area contributed by atoms with Gasteiger partial charge in [0.1, 0.15) is 5.75 Å². The average Bonchev–Trinajstić information content (AvgIpc) is 3.20. The van der Waals surface area contributed by atoms with Gasteiger partial charge in [-0.25, -0.2) is 0 Å². The van der Waals surface area contributed by atoms with E-state index < -0.39 is 0 Å². The summed E-state index contributed by atoms with van der Waals surface area (Å²) in [6.45, 7) is 4.16. The summed E-state index contributed by atoms with van der Waals surface area (Å²) in [5.41, 5.74) is 2.46. The Labute approximate surface area is 165 Å². The van der Waals surface area contributed by atoms with E-state index in [4.69, 9.17) is 4.74 Å². The lowest BCUT2D eigenvalue weighted by Crippen LogP contribution is -2.55. The standard InChI is InChI=1S/C22H28N2O2S/c1-26-20-6-2-4-17(12-20)13-22(25)24-9-3-5-19-15-23(10-7-21(19)24)14-18-8-11-27-16-18/h2,4,6,8,11-12,16,19,21H,3,5,7,9-10,13-15H2,1H3/t19-,21-/m1/s1. The van der Waals surface area contributed by atoms with Crippen LogP contribution in [0.5, 0.6) is 5.75 Å². The van der Waals surface area contributed by atoms with Gasteiger partial charge in [-0.2, -0.15) is 11.3 Å². The smallest absolute Gasteiger partial charge is 0.227 e. The highest BCUT2D eigenvalue weighted by Crippen LogP contribution is 2.32. The first-order valence-electron chi connectivity index (χ1n) is 9.89. The van der Waals surface area contributed by atoms with Crippen molar-refractivity contribution in [1.82, 2.24) is 9.80 Å². The van der Waals surface area contributed by atoms with Crippen LogP contribution in [0.15, 0.2) is 41.1 Å². The molecule has 0 unspecified atom stereocenters. The quantitative estimate of drug-likeness (QED) is 0.786. The normalized spacial score (nSPS) is 23.1. The maximum Gasteiger partial charge on any atom is 0.227 e. The van der Waals surface area contributed by atoms with E-state index in [1.54, 1.807) is 18.4 Å². The summed E-state index contributed by atoms with van der Waals surface area (Å²) >= 11 is 1.77. The number of benzene rings is 1. The van der Waals surface area contributed by atoms with Crippen LogP contribution in [0.3, 0.4) is 0 Å². The number of likely N-dealkylation sites (tertiary alicyclic amines) is 2. The van der Waals surface area contributed by atoms with E-state index in [1.165, 1.54) is 12.0 Å². The zero-order valence-electron chi connectivity index (χ0n) is 16.0. The van der Waals surface area contributed by atoms with Gasteiger partial charge >= 0.3 is 0 Å². The zero-order valence-corrected chi connectivity index (χ0v) is 16.8. The number of methoxy groups -OCH3 is 1. The zero-order chi connectivity index (χ0) is 18.6. The molecule has 1 amide bonds. The second-order valence-electron chi connectivity index (χ2n) is 7.74. The van der Waals surface area contributed by atoms with Crippen LogP contribution in [-0.4, -0.2) is 48.5 Å². The molecule has 1 aromatic heterocycles. The average molecular weight is 385 g/mol. The lowest BCUT2D eigenvalue weighted by Gasteiger charge is -2.47. The third-order valence-corrected chi connectivity index (χ3v) is 6.68. The highest BCUT2D eigenvalue weighted by molar-refractivity contribution is 7.07. The van der Waals surface area contributed by atoms with Crippen molar-refractivity contribution in [2.45, 2.75) is 38.3 Å². The van der Waals surface area contributed by atoms with Crippen molar-refractivity contribution < 1.29 is 9.53 Å². The van der Waals surface area contributed by atoms with E-state index in [0.29, 0.717) is 18.4 Å². The molecule has 5 heteroatoms. The van der Waals surface area contributed by atoms with Crippen LogP contribution < -0.4 is 4.74 Å². The van der Waals surface area contributed by atoms with E-state index in [1.807, 2.05) is 24.3 Å². The van der Waals surface area contributed by atoms with Gasteiger partial charge in [-0.1, -0.05) is 12.1 Å². The Kier molecular flexibility index (Phi) is 5.79. The third kappa shape index (κ3) is 4.36. The molecule has 0 spiro atoms. The van der Waals surface area contributed by atoms with Gasteiger partial charge in [0.05, 0.1) is 13.5 Å². The van der Waals surface area contributed by atoms with Crippen molar-refractivity contribution in [3.63, 3.8) is 0 Å². The Hall–Kier alpha value is -1.85. The highest BCUT2D eigenvalue weighted by atomic mass is 32.1. The number of piperidine rings is 2. The van der Waals surface area contributed by atoms with Gasteiger partial charge in [0, 0.05) is 32.2 Å². The molecule has 0 aliphatic carbocycles. The number of amides is 1. The van der Waals surface area contributed by atoms with E-state index in [0.717, 1.165) is 50.3 Å². The fraction of sp³-hybridized carbons (Fsp3) is 0.500. The van der Waals surface area contributed by atoms with Crippen molar-refractivity contribution in [3.05, 3.63) is 52.2 Å². The summed E-state index contributed by atoms with van der Waals surface area (Å²) in [7, 11) is 1.67. The molecule has 2 aromatic rings. The summed E-state index contributed by atoms with van der Waals surface area (Å²) in [6, 6.07) is 10.5.